The SMILES string of the molecule is NCC[N+](CCN)(CCC[C@H](N)C(=O)N[C@H](Cc1ccc(C(F)(F)F)cc1)C(=O)Cc1cnc2ccccc2c1)CC(N)=O. The number of para-hydroxylation sites is 1. The molecule has 0 spiro atoms. The van der Waals surface area contributed by atoms with E-state index in [1.807, 2.05) is 30.3 Å². The second-order valence-corrected chi connectivity index (χ2v) is 11.1. The van der Waals surface area contributed by atoms with Crippen LogP contribution in [-0.2, 0) is 33.4 Å². The number of rotatable bonds is 17. The molecule has 0 saturated carbocycles. The summed E-state index contributed by atoms with van der Waals surface area (Å²) < 4.78 is 39.5. The molecule has 2 amide bonds. The Balaban J connectivity index is 1.73. The van der Waals surface area contributed by atoms with E-state index in [1.54, 1.807) is 6.20 Å². The Morgan fingerprint density at radius 1 is 0.932 bits per heavy atom. The van der Waals surface area contributed by atoms with Gasteiger partial charge in [-0.1, -0.05) is 30.3 Å². The second kappa shape index (κ2) is 15.7. The van der Waals surface area contributed by atoms with E-state index in [1.165, 1.54) is 12.1 Å². The van der Waals surface area contributed by atoms with E-state index >= 15 is 0 Å². The Labute approximate surface area is 254 Å². The first-order valence-electron chi connectivity index (χ1n) is 14.5. The standard InChI is InChI=1S/C31H40F3N7O3/c32-31(33,34)24-9-7-21(8-10-24)17-27(28(42)18-22-16-23-4-1-2-6-26(23)39-19-22)40-30(44)25(37)5-3-13-41(14-11-35,15-12-36)20-29(38)43/h1-2,4,6-10,16,19,25,27H,3,5,11-15,17-18,20,35-37H2,(H2-,38,40,43,44)/p+1/t25-,27+/m0/s1. The zero-order chi connectivity index (χ0) is 32.3. The highest BCUT2D eigenvalue weighted by Crippen LogP contribution is 2.29. The molecule has 44 heavy (non-hydrogen) atoms. The number of nitrogens with one attached hydrogen (secondary N) is 1. The molecule has 0 aliphatic heterocycles. The molecule has 10 nitrogen and oxygen atoms in total. The smallest absolute Gasteiger partial charge is 0.365 e. The van der Waals surface area contributed by atoms with Crippen LogP contribution in [0.5, 0.6) is 0 Å². The van der Waals surface area contributed by atoms with Crippen LogP contribution in [0.2, 0.25) is 0 Å². The molecular formula is C31H41F3N7O3+. The number of ketones is 1. The van der Waals surface area contributed by atoms with Crippen molar-refractivity contribution in [3.05, 3.63) is 77.5 Å². The van der Waals surface area contributed by atoms with Crippen LogP contribution in [0, 0.1) is 0 Å². The fourth-order valence-electron chi connectivity index (χ4n) is 5.36. The number of alkyl halides is 3. The van der Waals surface area contributed by atoms with Crippen LogP contribution in [0.1, 0.15) is 29.5 Å². The molecular weight excluding hydrogens is 575 g/mol. The van der Waals surface area contributed by atoms with Crippen LogP contribution < -0.4 is 28.3 Å². The summed E-state index contributed by atoms with van der Waals surface area (Å²) in [6.45, 7) is 2.13. The van der Waals surface area contributed by atoms with Gasteiger partial charge in [0.1, 0.15) is 0 Å². The summed E-state index contributed by atoms with van der Waals surface area (Å²) in [7, 11) is 0. The third-order valence-electron chi connectivity index (χ3n) is 7.63. The zero-order valence-electron chi connectivity index (χ0n) is 24.6. The van der Waals surface area contributed by atoms with E-state index in [2.05, 4.69) is 10.3 Å². The Hall–Kier alpha value is -3.91. The number of nitrogens with two attached hydrogens (primary N) is 4. The molecule has 9 N–H and O–H groups in total. The molecule has 2 aromatic carbocycles. The van der Waals surface area contributed by atoms with Crippen molar-refractivity contribution in [1.29, 1.82) is 0 Å². The lowest BCUT2D eigenvalue weighted by Gasteiger charge is -2.37. The lowest BCUT2D eigenvalue weighted by atomic mass is 9.96. The highest BCUT2D eigenvalue weighted by Gasteiger charge is 2.31. The van der Waals surface area contributed by atoms with Crippen molar-refractivity contribution in [3.63, 3.8) is 0 Å². The number of carbonyl (C=O) groups excluding carboxylic acids is 3. The van der Waals surface area contributed by atoms with Gasteiger partial charge in [-0.2, -0.15) is 13.2 Å². The number of hydrogen-bond acceptors (Lipinski definition) is 7. The molecule has 0 fully saturated rings. The van der Waals surface area contributed by atoms with E-state index in [9.17, 15) is 27.6 Å². The number of fused-ring (bicyclic) bond motifs is 1. The average Bonchev–Trinajstić information content (AvgIpc) is 2.96. The molecule has 13 heteroatoms. The lowest BCUT2D eigenvalue weighted by Crippen LogP contribution is -2.57. The Morgan fingerprint density at radius 2 is 1.59 bits per heavy atom. The van der Waals surface area contributed by atoms with Gasteiger partial charge in [0.25, 0.3) is 5.91 Å². The molecule has 0 aliphatic carbocycles. The number of carbonyl (C=O) groups is 3. The van der Waals surface area contributed by atoms with E-state index in [0.29, 0.717) is 50.3 Å². The summed E-state index contributed by atoms with van der Waals surface area (Å²) in [5.74, 6) is -1.40. The Kier molecular flexibility index (Phi) is 12.3. The lowest BCUT2D eigenvalue weighted by molar-refractivity contribution is -0.918. The van der Waals surface area contributed by atoms with Gasteiger partial charge in [-0.05, 0) is 54.7 Å². The Morgan fingerprint density at radius 3 is 2.20 bits per heavy atom. The van der Waals surface area contributed by atoms with Gasteiger partial charge in [0, 0.05) is 31.1 Å². The summed E-state index contributed by atoms with van der Waals surface area (Å²) in [4.78, 5) is 42.8. The predicted molar refractivity (Wildman–Crippen MR) is 162 cm³/mol. The van der Waals surface area contributed by atoms with Gasteiger partial charge in [0.05, 0.1) is 42.8 Å². The third kappa shape index (κ3) is 10.1. The molecule has 0 aliphatic rings. The van der Waals surface area contributed by atoms with Crippen LogP contribution in [0.4, 0.5) is 13.2 Å². The van der Waals surface area contributed by atoms with Crippen LogP contribution >= 0.6 is 0 Å². The number of aromatic nitrogens is 1. The number of primary amides is 1. The van der Waals surface area contributed by atoms with Crippen LogP contribution in [0.25, 0.3) is 10.9 Å². The van der Waals surface area contributed by atoms with E-state index in [-0.39, 0.29) is 36.1 Å². The first kappa shape index (κ1) is 34.6. The normalized spacial score (nSPS) is 13.4. The molecule has 238 valence electrons. The highest BCUT2D eigenvalue weighted by molar-refractivity contribution is 5.92. The van der Waals surface area contributed by atoms with Crippen molar-refractivity contribution in [2.24, 2.45) is 22.9 Å². The summed E-state index contributed by atoms with van der Waals surface area (Å²) in [6, 6.07) is 11.7. The van der Waals surface area contributed by atoms with Crippen molar-refractivity contribution < 1.29 is 32.0 Å². The maximum absolute atomic E-state index is 13.5. The number of pyridine rings is 1. The zero-order valence-corrected chi connectivity index (χ0v) is 24.6. The number of amides is 2. The summed E-state index contributed by atoms with van der Waals surface area (Å²) in [5, 5.41) is 3.57. The Bertz CT molecular complexity index is 1410. The summed E-state index contributed by atoms with van der Waals surface area (Å²) >= 11 is 0. The third-order valence-corrected chi connectivity index (χ3v) is 7.63. The molecule has 0 radical (unpaired) electrons. The fourth-order valence-corrected chi connectivity index (χ4v) is 5.36. The highest BCUT2D eigenvalue weighted by atomic mass is 19.4. The van der Waals surface area contributed by atoms with Crippen LogP contribution in [0.15, 0.2) is 60.8 Å². The van der Waals surface area contributed by atoms with Gasteiger partial charge < -0.3 is 32.7 Å². The van der Waals surface area contributed by atoms with Crippen molar-refractivity contribution in [3.8, 4) is 0 Å². The fraction of sp³-hybridized carbons (Fsp3) is 0.419. The van der Waals surface area contributed by atoms with E-state index in [4.69, 9.17) is 22.9 Å². The van der Waals surface area contributed by atoms with Crippen molar-refractivity contribution >= 4 is 28.5 Å². The van der Waals surface area contributed by atoms with Gasteiger partial charge in [-0.15, -0.1) is 0 Å². The number of hydrogen-bond donors (Lipinski definition) is 5. The maximum Gasteiger partial charge on any atom is 0.416 e. The van der Waals surface area contributed by atoms with Gasteiger partial charge in [0.2, 0.25) is 5.91 Å². The van der Waals surface area contributed by atoms with E-state index < -0.39 is 35.6 Å². The molecule has 0 bridgehead atoms. The maximum atomic E-state index is 13.5. The van der Waals surface area contributed by atoms with Crippen molar-refractivity contribution in [1.82, 2.24) is 10.3 Å². The minimum Gasteiger partial charge on any atom is -0.365 e. The van der Waals surface area contributed by atoms with E-state index in [0.717, 1.165) is 23.0 Å². The summed E-state index contributed by atoms with van der Waals surface area (Å²) in [6.07, 6.45) is -2.29. The topological polar surface area (TPSA) is 180 Å². The molecule has 3 rings (SSSR count). The van der Waals surface area contributed by atoms with Crippen LogP contribution in [0.3, 0.4) is 0 Å². The number of nitrogens with zero attached hydrogens (tertiary/aromatic N) is 2. The molecule has 1 heterocycles. The number of quaternary nitrogens is 1. The molecule has 3 aromatic rings. The molecule has 2 atom stereocenters. The van der Waals surface area contributed by atoms with Crippen LogP contribution in [-0.4, -0.2) is 78.4 Å². The van der Waals surface area contributed by atoms with Gasteiger partial charge in [-0.25, -0.2) is 0 Å². The average molecular weight is 617 g/mol. The van der Waals surface area contributed by atoms with Crippen molar-refractivity contribution in [2.75, 3.05) is 39.3 Å². The number of halogens is 3. The minimum atomic E-state index is -4.50. The second-order valence-electron chi connectivity index (χ2n) is 11.1. The van der Waals surface area contributed by atoms with Gasteiger partial charge in [0.15, 0.2) is 12.3 Å². The molecule has 1 aromatic heterocycles. The summed E-state index contributed by atoms with van der Waals surface area (Å²) in [5.41, 5.74) is 24.2. The predicted octanol–water partition coefficient (Wildman–Crippen LogP) is 1.42. The first-order valence-corrected chi connectivity index (χ1v) is 14.5. The largest absolute Gasteiger partial charge is 0.416 e. The quantitative estimate of drug-likeness (QED) is 0.142. The van der Waals surface area contributed by atoms with Gasteiger partial charge in [-0.3, -0.25) is 19.4 Å². The van der Waals surface area contributed by atoms with Gasteiger partial charge >= 0.3 is 6.18 Å². The molecule has 0 saturated heterocycles. The monoisotopic (exact) mass is 616 g/mol. The number of Topliss-reactive ketones (excluding diaryl/α,β-unsaturated/α-hetero) is 1. The first-order chi connectivity index (χ1) is 20.9. The molecule has 0 unspecified atom stereocenters. The van der Waals surface area contributed by atoms with Crippen molar-refractivity contribution in [2.45, 2.75) is 43.9 Å². The minimum absolute atomic E-state index is 0.0257. The number of benzene rings is 2.